The molecule has 1 fully saturated rings. The molecule has 0 aromatic carbocycles. The van der Waals surface area contributed by atoms with Crippen LogP contribution in [0, 0.1) is 5.41 Å². The molecule has 0 unspecified atom stereocenters. The summed E-state index contributed by atoms with van der Waals surface area (Å²) in [4.78, 5) is 18.0. The van der Waals surface area contributed by atoms with Crippen molar-refractivity contribution in [2.24, 2.45) is 9.39 Å². The number of amides is 1. The summed E-state index contributed by atoms with van der Waals surface area (Å²) in [6.07, 6.45) is 9.85. The van der Waals surface area contributed by atoms with E-state index in [0.29, 0.717) is 21.3 Å². The van der Waals surface area contributed by atoms with Crippen molar-refractivity contribution in [3.8, 4) is 0 Å². The van der Waals surface area contributed by atoms with Gasteiger partial charge in [0, 0.05) is 5.25 Å². The monoisotopic (exact) mass is 406 g/mol. The molecule has 1 amide bonds. The Labute approximate surface area is 164 Å². The largest absolute Gasteiger partial charge is 0.450 e. The molecule has 1 saturated carbocycles. The number of furan rings is 1. The van der Waals surface area contributed by atoms with Crippen LogP contribution in [-0.4, -0.2) is 38.5 Å². The average molecular weight is 407 g/mol. The number of hydrogen-bond donors (Lipinski definition) is 1. The fraction of sp³-hybridized carbons (Fsp3) is 0.412. The number of aliphatic imine (C=N–C) groups is 1. The van der Waals surface area contributed by atoms with Gasteiger partial charge in [-0.05, 0) is 37.3 Å². The quantitative estimate of drug-likeness (QED) is 0.581. The molecule has 1 aromatic rings. The Hall–Kier alpha value is -1.45. The van der Waals surface area contributed by atoms with Crippen LogP contribution >= 0.6 is 35.5 Å². The Bertz CT molecular complexity index is 837. The van der Waals surface area contributed by atoms with Gasteiger partial charge in [-0.1, -0.05) is 42.8 Å². The third-order valence-corrected chi connectivity index (χ3v) is 7.11. The lowest BCUT2D eigenvalue weighted by Crippen LogP contribution is -2.41. The van der Waals surface area contributed by atoms with Crippen molar-refractivity contribution < 1.29 is 9.21 Å². The maximum absolute atomic E-state index is 12.3. The number of thioether (sulfide) groups is 2. The number of rotatable bonds is 3. The number of carbonyl (C=O) groups excluding carboxylic acids is 1. The molecule has 136 valence electrons. The Balaban J connectivity index is 1.53. The van der Waals surface area contributed by atoms with Crippen molar-refractivity contribution in [2.75, 3.05) is 6.26 Å². The molecule has 1 aliphatic carbocycles. The highest BCUT2D eigenvalue weighted by molar-refractivity contribution is 8.18. The predicted octanol–water partition coefficient (Wildman–Crippen LogP) is 4.64. The third kappa shape index (κ3) is 3.52. The SMILES string of the molecule is CSC1=NSC2=NC(=O)/C(=C\c3ccc(SC4CCCCC4)o3)C(=N)N12. The van der Waals surface area contributed by atoms with Gasteiger partial charge in [-0.3, -0.25) is 10.2 Å². The van der Waals surface area contributed by atoms with Crippen LogP contribution in [0.15, 0.2) is 36.6 Å². The number of hydrogen-bond acceptors (Lipinski definition) is 7. The molecule has 3 heterocycles. The van der Waals surface area contributed by atoms with Gasteiger partial charge in [0.15, 0.2) is 10.3 Å². The van der Waals surface area contributed by atoms with E-state index in [1.54, 1.807) is 22.7 Å². The molecule has 0 bridgehead atoms. The molecule has 0 atom stereocenters. The number of fused-ring (bicyclic) bond motifs is 1. The van der Waals surface area contributed by atoms with Gasteiger partial charge >= 0.3 is 0 Å². The van der Waals surface area contributed by atoms with E-state index in [4.69, 9.17) is 9.83 Å². The summed E-state index contributed by atoms with van der Waals surface area (Å²) in [7, 11) is 0. The summed E-state index contributed by atoms with van der Waals surface area (Å²) in [6.45, 7) is 0. The van der Waals surface area contributed by atoms with Gasteiger partial charge in [-0.2, -0.15) is 9.39 Å². The average Bonchev–Trinajstić information content (AvgIpc) is 3.26. The topological polar surface area (TPSA) is 82.0 Å². The first-order valence-corrected chi connectivity index (χ1v) is 11.3. The summed E-state index contributed by atoms with van der Waals surface area (Å²) >= 11 is 4.32. The number of nitrogens with zero attached hydrogens (tertiary/aromatic N) is 3. The highest BCUT2D eigenvalue weighted by Gasteiger charge is 2.37. The van der Waals surface area contributed by atoms with Crippen LogP contribution in [0.3, 0.4) is 0 Å². The van der Waals surface area contributed by atoms with Gasteiger partial charge in [0.25, 0.3) is 5.91 Å². The lowest BCUT2D eigenvalue weighted by molar-refractivity contribution is -0.114. The van der Waals surface area contributed by atoms with E-state index in [-0.39, 0.29) is 11.4 Å². The van der Waals surface area contributed by atoms with Crippen LogP contribution in [0.2, 0.25) is 0 Å². The van der Waals surface area contributed by atoms with Gasteiger partial charge in [0.05, 0.1) is 17.5 Å². The van der Waals surface area contributed by atoms with E-state index < -0.39 is 5.91 Å². The lowest BCUT2D eigenvalue weighted by Gasteiger charge is -2.23. The molecule has 0 radical (unpaired) electrons. The molecule has 3 aliphatic rings. The molecule has 0 saturated heterocycles. The first-order chi connectivity index (χ1) is 12.7. The number of carbonyl (C=O) groups is 1. The first kappa shape index (κ1) is 17.9. The molecule has 9 heteroatoms. The normalized spacial score (nSPS) is 22.7. The summed E-state index contributed by atoms with van der Waals surface area (Å²) in [5.41, 5.74) is 0.224. The van der Waals surface area contributed by atoms with Gasteiger partial charge in [0.2, 0.25) is 5.17 Å². The van der Waals surface area contributed by atoms with Crippen molar-refractivity contribution in [3.05, 3.63) is 23.5 Å². The Kier molecular flexibility index (Phi) is 5.28. The van der Waals surface area contributed by atoms with Crippen LogP contribution in [-0.2, 0) is 4.79 Å². The zero-order valence-corrected chi connectivity index (χ0v) is 16.7. The van der Waals surface area contributed by atoms with Crippen LogP contribution < -0.4 is 0 Å². The summed E-state index contributed by atoms with van der Waals surface area (Å²) in [5, 5.41) is 11.0. The molecule has 4 rings (SSSR count). The highest BCUT2D eigenvalue weighted by atomic mass is 32.2. The molecule has 1 N–H and O–H groups in total. The second kappa shape index (κ2) is 7.66. The fourth-order valence-corrected chi connectivity index (χ4v) is 5.74. The maximum Gasteiger partial charge on any atom is 0.283 e. The second-order valence-electron chi connectivity index (χ2n) is 6.15. The van der Waals surface area contributed by atoms with E-state index in [9.17, 15) is 4.79 Å². The zero-order valence-electron chi connectivity index (χ0n) is 14.2. The van der Waals surface area contributed by atoms with Crippen LogP contribution in [0.25, 0.3) is 6.08 Å². The van der Waals surface area contributed by atoms with Crippen molar-refractivity contribution in [1.29, 1.82) is 5.41 Å². The van der Waals surface area contributed by atoms with Crippen molar-refractivity contribution in [2.45, 2.75) is 42.4 Å². The Morgan fingerprint density at radius 2 is 2.15 bits per heavy atom. The first-order valence-electron chi connectivity index (χ1n) is 8.45. The van der Waals surface area contributed by atoms with E-state index in [0.717, 1.165) is 17.0 Å². The van der Waals surface area contributed by atoms with E-state index >= 15 is 0 Å². The van der Waals surface area contributed by atoms with Crippen LogP contribution in [0.1, 0.15) is 37.9 Å². The molecular formula is C17H18N4O2S3. The predicted molar refractivity (Wildman–Crippen MR) is 110 cm³/mol. The fourth-order valence-electron chi connectivity index (χ4n) is 3.10. The summed E-state index contributed by atoms with van der Waals surface area (Å²) in [6, 6.07) is 3.79. The van der Waals surface area contributed by atoms with Gasteiger partial charge in [0.1, 0.15) is 11.6 Å². The van der Waals surface area contributed by atoms with Crippen LogP contribution in [0.4, 0.5) is 0 Å². The molecular weight excluding hydrogens is 388 g/mol. The molecule has 0 spiro atoms. The lowest BCUT2D eigenvalue weighted by atomic mass is 10.0. The van der Waals surface area contributed by atoms with Crippen molar-refractivity contribution >= 4 is 63.6 Å². The summed E-state index contributed by atoms with van der Waals surface area (Å²) < 4.78 is 10.1. The maximum atomic E-state index is 12.3. The van der Waals surface area contributed by atoms with E-state index in [2.05, 4.69) is 9.39 Å². The standard InChI is InChI=1S/C17H18N4O2S3/c1-24-17-20-26-16-19-15(22)12(14(18)21(16)17)9-10-7-8-13(23-10)25-11-5-3-2-4-6-11/h7-9,11,18H,2-6H2,1H3/b12-9-,18-14?. The molecule has 6 nitrogen and oxygen atoms in total. The van der Waals surface area contributed by atoms with E-state index in [1.807, 2.05) is 18.4 Å². The minimum absolute atomic E-state index is 0.0935. The van der Waals surface area contributed by atoms with Gasteiger partial charge in [-0.15, -0.1) is 0 Å². The number of nitrogens with one attached hydrogen (secondary N) is 1. The number of amidine groups is 3. The van der Waals surface area contributed by atoms with Crippen molar-refractivity contribution in [3.63, 3.8) is 0 Å². The molecule has 2 aliphatic heterocycles. The van der Waals surface area contributed by atoms with Gasteiger partial charge in [-0.25, -0.2) is 4.90 Å². The molecule has 1 aromatic heterocycles. The van der Waals surface area contributed by atoms with Gasteiger partial charge < -0.3 is 4.42 Å². The zero-order chi connectivity index (χ0) is 18.1. The smallest absolute Gasteiger partial charge is 0.283 e. The minimum Gasteiger partial charge on any atom is -0.450 e. The third-order valence-electron chi connectivity index (χ3n) is 4.40. The Morgan fingerprint density at radius 3 is 2.92 bits per heavy atom. The summed E-state index contributed by atoms with van der Waals surface area (Å²) in [5.74, 6) is 0.240. The second-order valence-corrected chi connectivity index (χ2v) is 8.95. The highest BCUT2D eigenvalue weighted by Crippen LogP contribution is 2.35. The minimum atomic E-state index is -0.427. The van der Waals surface area contributed by atoms with Crippen LogP contribution in [0.5, 0.6) is 0 Å². The van der Waals surface area contributed by atoms with Crippen molar-refractivity contribution in [1.82, 2.24) is 4.90 Å². The Morgan fingerprint density at radius 1 is 1.35 bits per heavy atom. The van der Waals surface area contributed by atoms with E-state index in [1.165, 1.54) is 43.9 Å². The molecule has 26 heavy (non-hydrogen) atoms.